The number of carbonyl (C=O) groups is 2. The molecule has 2 aliphatic rings. The molecule has 1 aromatic rings. The van der Waals surface area contributed by atoms with Gasteiger partial charge in [0.05, 0.1) is 6.61 Å². The third kappa shape index (κ3) is 4.57. The van der Waals surface area contributed by atoms with Gasteiger partial charge in [-0.2, -0.15) is 0 Å². The first-order valence-electron chi connectivity index (χ1n) is 9.56. The highest BCUT2D eigenvalue weighted by molar-refractivity contribution is 6.35. The zero-order valence-corrected chi connectivity index (χ0v) is 18.6. The molecule has 0 amide bonds. The van der Waals surface area contributed by atoms with E-state index >= 15 is 0 Å². The highest BCUT2D eigenvalue weighted by Crippen LogP contribution is 2.49. The highest BCUT2D eigenvalue weighted by atomic mass is 35.5. The number of ether oxygens (including phenoxy) is 2. The fourth-order valence-corrected chi connectivity index (χ4v) is 4.68. The van der Waals surface area contributed by atoms with Crippen LogP contribution in [0.5, 0.6) is 0 Å². The first-order valence-corrected chi connectivity index (χ1v) is 10.3. The molecule has 0 radical (unpaired) electrons. The Kier molecular flexibility index (Phi) is 6.51. The molecule has 1 heterocycles. The molecule has 2 atom stereocenters. The van der Waals surface area contributed by atoms with Gasteiger partial charge in [-0.25, -0.2) is 0 Å². The number of hydrogen-bond donors (Lipinski definition) is 0. The summed E-state index contributed by atoms with van der Waals surface area (Å²) >= 11 is 12.6. The summed E-state index contributed by atoms with van der Waals surface area (Å²) < 4.78 is 10.4. The Bertz CT molecular complexity index is 904. The largest absolute Gasteiger partial charge is 0.463 e. The van der Waals surface area contributed by atoms with Gasteiger partial charge >= 0.3 is 5.97 Å². The lowest BCUT2D eigenvalue weighted by atomic mass is 9.67. The lowest BCUT2D eigenvalue weighted by Gasteiger charge is -2.39. The van der Waals surface area contributed by atoms with Crippen LogP contribution in [0.15, 0.2) is 34.5 Å². The van der Waals surface area contributed by atoms with E-state index in [1.54, 1.807) is 25.1 Å². The molecule has 1 aliphatic carbocycles. The second kappa shape index (κ2) is 8.58. The molecule has 0 N–H and O–H groups in total. The first-order chi connectivity index (χ1) is 13.6. The van der Waals surface area contributed by atoms with Gasteiger partial charge in [-0.3, -0.25) is 14.6 Å². The third-order valence-electron chi connectivity index (χ3n) is 5.39. The second-order valence-electron chi connectivity index (χ2n) is 8.34. The van der Waals surface area contributed by atoms with Gasteiger partial charge in [0, 0.05) is 46.5 Å². The number of aliphatic imine (C=N–C) groups is 1. The zero-order valence-electron chi connectivity index (χ0n) is 17.1. The summed E-state index contributed by atoms with van der Waals surface area (Å²) in [5.74, 6) is -1.72. The lowest BCUT2D eigenvalue weighted by molar-refractivity contribution is -0.147. The van der Waals surface area contributed by atoms with Crippen molar-refractivity contribution in [3.05, 3.63) is 45.1 Å². The van der Waals surface area contributed by atoms with Crippen molar-refractivity contribution in [1.29, 1.82) is 0 Å². The number of nitrogens with zero attached hydrogens (tertiary/aromatic N) is 1. The number of methoxy groups -OCH3 is 1. The van der Waals surface area contributed by atoms with Crippen molar-refractivity contribution in [1.82, 2.24) is 0 Å². The molecule has 0 spiro atoms. The maximum absolute atomic E-state index is 13.2. The van der Waals surface area contributed by atoms with Crippen molar-refractivity contribution in [2.24, 2.45) is 16.3 Å². The standard InChI is InChI=1S/C22H25Cl2NO4/c1-12-18(21(27)29-8-7-28-4)19(14-6-5-13(23)9-15(14)24)20-16(25-12)10-22(2,3)11-17(20)26/h5-6,9,18-19H,7-8,10-11H2,1-4H3/t18?,19-/m0/s1. The van der Waals surface area contributed by atoms with Crippen LogP contribution in [0.4, 0.5) is 0 Å². The smallest absolute Gasteiger partial charge is 0.315 e. The zero-order chi connectivity index (χ0) is 21.3. The number of allylic oxidation sites excluding steroid dienone is 2. The quantitative estimate of drug-likeness (QED) is 0.480. The molecular weight excluding hydrogens is 413 g/mol. The normalized spacial score (nSPS) is 23.5. The summed E-state index contributed by atoms with van der Waals surface area (Å²) in [5.41, 5.74) is 2.42. The molecule has 1 aromatic carbocycles. The first kappa shape index (κ1) is 22.0. The average Bonchev–Trinajstić information content (AvgIpc) is 2.59. The molecule has 0 saturated carbocycles. The van der Waals surface area contributed by atoms with Crippen LogP contribution in [0.1, 0.15) is 45.1 Å². The lowest BCUT2D eigenvalue weighted by Crippen LogP contribution is -2.39. The predicted molar refractivity (Wildman–Crippen MR) is 114 cm³/mol. The van der Waals surface area contributed by atoms with Crippen LogP contribution in [-0.4, -0.2) is 37.8 Å². The highest BCUT2D eigenvalue weighted by Gasteiger charge is 2.46. The number of esters is 1. The van der Waals surface area contributed by atoms with Crippen molar-refractivity contribution in [2.75, 3.05) is 20.3 Å². The summed E-state index contributed by atoms with van der Waals surface area (Å²) in [7, 11) is 1.54. The van der Waals surface area contributed by atoms with E-state index in [1.807, 2.05) is 0 Å². The molecule has 156 valence electrons. The number of hydrogen-bond acceptors (Lipinski definition) is 5. The molecular formula is C22H25Cl2NO4. The summed E-state index contributed by atoms with van der Waals surface area (Å²) in [4.78, 5) is 30.8. The van der Waals surface area contributed by atoms with Crippen LogP contribution < -0.4 is 0 Å². The fourth-order valence-electron chi connectivity index (χ4n) is 4.16. The fraction of sp³-hybridized carbons (Fsp3) is 0.500. The van der Waals surface area contributed by atoms with Crippen molar-refractivity contribution in [3.8, 4) is 0 Å². The molecule has 0 aromatic heterocycles. The van der Waals surface area contributed by atoms with Crippen molar-refractivity contribution in [2.45, 2.75) is 39.5 Å². The van der Waals surface area contributed by atoms with Gasteiger partial charge in [0.2, 0.25) is 0 Å². The average molecular weight is 438 g/mol. The third-order valence-corrected chi connectivity index (χ3v) is 5.95. The van der Waals surface area contributed by atoms with Crippen LogP contribution >= 0.6 is 23.2 Å². The summed E-state index contributed by atoms with van der Waals surface area (Å²) in [6.07, 6.45) is 1.06. The molecule has 5 nitrogen and oxygen atoms in total. The molecule has 29 heavy (non-hydrogen) atoms. The van der Waals surface area contributed by atoms with E-state index in [2.05, 4.69) is 18.8 Å². The van der Waals surface area contributed by atoms with Gasteiger partial charge in [0.15, 0.2) is 5.78 Å². The predicted octanol–water partition coefficient (Wildman–Crippen LogP) is 5.00. The van der Waals surface area contributed by atoms with Gasteiger partial charge in [-0.1, -0.05) is 43.1 Å². The molecule has 0 saturated heterocycles. The Balaban J connectivity index is 2.12. The van der Waals surface area contributed by atoms with Gasteiger partial charge < -0.3 is 9.47 Å². The van der Waals surface area contributed by atoms with E-state index in [-0.39, 0.29) is 17.8 Å². The van der Waals surface area contributed by atoms with E-state index in [0.29, 0.717) is 46.3 Å². The maximum atomic E-state index is 13.2. The number of halogens is 2. The Morgan fingerprint density at radius 2 is 1.97 bits per heavy atom. The van der Waals surface area contributed by atoms with Gasteiger partial charge in [0.1, 0.15) is 12.5 Å². The summed E-state index contributed by atoms with van der Waals surface area (Å²) in [6.45, 7) is 6.33. The monoisotopic (exact) mass is 437 g/mol. The van der Waals surface area contributed by atoms with E-state index in [0.717, 1.165) is 5.70 Å². The van der Waals surface area contributed by atoms with E-state index in [9.17, 15) is 9.59 Å². The van der Waals surface area contributed by atoms with Crippen molar-refractivity contribution < 1.29 is 19.1 Å². The van der Waals surface area contributed by atoms with Gasteiger partial charge in [0.25, 0.3) is 0 Å². The Morgan fingerprint density at radius 3 is 2.62 bits per heavy atom. The van der Waals surface area contributed by atoms with E-state index in [4.69, 9.17) is 32.7 Å². The van der Waals surface area contributed by atoms with Crippen LogP contribution in [0, 0.1) is 11.3 Å². The van der Waals surface area contributed by atoms with Gasteiger partial charge in [-0.15, -0.1) is 0 Å². The SMILES string of the molecule is COCCOC(=O)C1C(C)=NC2=C(C(=O)CC(C)(C)C2)[C@H]1c1ccc(Cl)cc1Cl. The minimum Gasteiger partial charge on any atom is -0.463 e. The second-order valence-corrected chi connectivity index (χ2v) is 9.18. The van der Waals surface area contributed by atoms with Crippen LogP contribution in [-0.2, 0) is 19.1 Å². The molecule has 3 rings (SSSR count). The number of Topliss-reactive ketones (excluding diaryl/α,β-unsaturated/α-hetero) is 1. The minimum absolute atomic E-state index is 0.00166. The summed E-state index contributed by atoms with van der Waals surface area (Å²) in [5, 5.41) is 0.904. The Hall–Kier alpha value is -1.69. The maximum Gasteiger partial charge on any atom is 0.315 e. The van der Waals surface area contributed by atoms with E-state index in [1.165, 1.54) is 7.11 Å². The topological polar surface area (TPSA) is 65.0 Å². The van der Waals surface area contributed by atoms with Crippen molar-refractivity contribution >= 4 is 40.7 Å². The minimum atomic E-state index is -0.727. The van der Waals surface area contributed by atoms with Crippen LogP contribution in [0.25, 0.3) is 0 Å². The van der Waals surface area contributed by atoms with E-state index < -0.39 is 17.8 Å². The summed E-state index contributed by atoms with van der Waals surface area (Å²) in [6, 6.07) is 5.12. The number of carbonyl (C=O) groups excluding carboxylic acids is 2. The number of benzene rings is 1. The molecule has 7 heteroatoms. The number of rotatable bonds is 5. The number of ketones is 1. The molecule has 0 bridgehead atoms. The van der Waals surface area contributed by atoms with Crippen LogP contribution in [0.3, 0.4) is 0 Å². The van der Waals surface area contributed by atoms with Gasteiger partial charge in [-0.05, 0) is 36.5 Å². The Morgan fingerprint density at radius 1 is 1.24 bits per heavy atom. The van der Waals surface area contributed by atoms with Crippen molar-refractivity contribution in [3.63, 3.8) is 0 Å². The molecule has 1 aliphatic heterocycles. The molecule has 0 fully saturated rings. The molecule has 1 unspecified atom stereocenters. The Labute approximate surface area is 181 Å². The van der Waals surface area contributed by atoms with Crippen LogP contribution in [0.2, 0.25) is 10.0 Å².